The van der Waals surface area contributed by atoms with E-state index in [1.54, 1.807) is 6.07 Å². The average molecular weight is 286 g/mol. The number of nitrogens with two attached hydrogens (primary N) is 2. The Balaban J connectivity index is 2.24. The number of carbonyl (C=O) groups excluding carboxylic acids is 1. The second kappa shape index (κ2) is 4.44. The number of aliphatic imine (C=N–C) groups is 1. The Labute approximate surface area is 115 Å². The minimum absolute atomic E-state index is 0.0595. The third-order valence-corrected chi connectivity index (χ3v) is 3.68. The summed E-state index contributed by atoms with van der Waals surface area (Å²) in [6.45, 7) is 1.83. The molecule has 0 heterocycles. The van der Waals surface area contributed by atoms with Crippen LogP contribution in [0.4, 0.5) is 0 Å². The molecule has 1 saturated carbocycles. The van der Waals surface area contributed by atoms with Crippen molar-refractivity contribution in [1.29, 1.82) is 0 Å². The molecule has 1 amide bonds. The van der Waals surface area contributed by atoms with Crippen LogP contribution in [0.2, 0.25) is 10.0 Å². The number of hydrogen-bond donors (Lipinski definition) is 2. The van der Waals surface area contributed by atoms with Gasteiger partial charge in [0.1, 0.15) is 0 Å². The Kier molecular flexibility index (Phi) is 3.25. The molecule has 1 aliphatic rings. The first-order chi connectivity index (χ1) is 8.33. The Hall–Kier alpha value is -1.26. The van der Waals surface area contributed by atoms with Crippen molar-refractivity contribution in [2.45, 2.75) is 19.3 Å². The third-order valence-electron chi connectivity index (χ3n) is 3.24. The van der Waals surface area contributed by atoms with E-state index in [2.05, 4.69) is 4.99 Å². The topological polar surface area (TPSA) is 81.5 Å². The SMILES string of the molecule is CC1(C(=O)N=C(N)N)CC1c1cc(Cl)cc(Cl)c1. The molecular formula is C12H13Cl2N3O. The standard InChI is InChI=1S/C12H13Cl2N3O/c1-12(10(18)17-11(15)16)5-9(12)6-2-7(13)4-8(14)3-6/h2-4,9H,5H2,1H3,(H4,15,16,17,18). The third kappa shape index (κ3) is 2.44. The molecule has 0 saturated heterocycles. The molecular weight excluding hydrogens is 273 g/mol. The van der Waals surface area contributed by atoms with Crippen LogP contribution in [0.3, 0.4) is 0 Å². The van der Waals surface area contributed by atoms with E-state index in [-0.39, 0.29) is 17.8 Å². The summed E-state index contributed by atoms with van der Waals surface area (Å²) in [5.41, 5.74) is 10.8. The number of hydrogen-bond acceptors (Lipinski definition) is 1. The van der Waals surface area contributed by atoms with Gasteiger partial charge in [0.25, 0.3) is 5.91 Å². The Bertz CT molecular complexity index is 520. The highest BCUT2D eigenvalue weighted by Crippen LogP contribution is 2.60. The molecule has 0 aromatic heterocycles. The van der Waals surface area contributed by atoms with Gasteiger partial charge < -0.3 is 11.5 Å². The van der Waals surface area contributed by atoms with Gasteiger partial charge in [-0.25, -0.2) is 0 Å². The summed E-state index contributed by atoms with van der Waals surface area (Å²) in [7, 11) is 0. The highest BCUT2D eigenvalue weighted by atomic mass is 35.5. The number of amides is 1. The van der Waals surface area contributed by atoms with Crippen LogP contribution in [0.15, 0.2) is 23.2 Å². The van der Waals surface area contributed by atoms with Gasteiger partial charge in [-0.2, -0.15) is 4.99 Å². The second-order valence-electron chi connectivity index (χ2n) is 4.72. The van der Waals surface area contributed by atoms with Crippen molar-refractivity contribution in [2.75, 3.05) is 0 Å². The maximum Gasteiger partial charge on any atom is 0.255 e. The summed E-state index contributed by atoms with van der Waals surface area (Å²) in [4.78, 5) is 15.5. The molecule has 1 aromatic rings. The highest BCUT2D eigenvalue weighted by molar-refractivity contribution is 6.34. The molecule has 1 aliphatic carbocycles. The summed E-state index contributed by atoms with van der Waals surface area (Å²) in [5.74, 6) is -0.455. The average Bonchev–Trinajstić information content (AvgIpc) is 2.90. The molecule has 0 radical (unpaired) electrons. The van der Waals surface area contributed by atoms with Crippen LogP contribution in [-0.2, 0) is 4.79 Å². The normalized spacial score (nSPS) is 25.6. The van der Waals surface area contributed by atoms with Crippen LogP contribution in [0.5, 0.6) is 0 Å². The maximum absolute atomic E-state index is 11.9. The fraction of sp³-hybridized carbons (Fsp3) is 0.333. The zero-order valence-corrected chi connectivity index (χ0v) is 11.3. The van der Waals surface area contributed by atoms with Crippen LogP contribution in [0, 0.1) is 5.41 Å². The van der Waals surface area contributed by atoms with Gasteiger partial charge in [-0.05, 0) is 36.1 Å². The number of halogens is 2. The van der Waals surface area contributed by atoms with Crippen LogP contribution < -0.4 is 11.5 Å². The Morgan fingerprint density at radius 3 is 2.39 bits per heavy atom. The van der Waals surface area contributed by atoms with E-state index < -0.39 is 5.41 Å². The molecule has 6 heteroatoms. The molecule has 0 spiro atoms. The number of guanidine groups is 1. The minimum atomic E-state index is -0.558. The van der Waals surface area contributed by atoms with E-state index in [9.17, 15) is 4.79 Å². The van der Waals surface area contributed by atoms with Crippen molar-refractivity contribution in [3.63, 3.8) is 0 Å². The summed E-state index contributed by atoms with van der Waals surface area (Å²) in [5, 5.41) is 1.11. The number of carbonyl (C=O) groups is 1. The van der Waals surface area contributed by atoms with Gasteiger partial charge in [-0.3, -0.25) is 4.79 Å². The van der Waals surface area contributed by atoms with Gasteiger partial charge in [-0.1, -0.05) is 30.1 Å². The molecule has 96 valence electrons. The molecule has 4 nitrogen and oxygen atoms in total. The van der Waals surface area contributed by atoms with Crippen LogP contribution >= 0.6 is 23.2 Å². The molecule has 4 N–H and O–H groups in total. The fourth-order valence-electron chi connectivity index (χ4n) is 2.11. The van der Waals surface area contributed by atoms with Crippen molar-refractivity contribution >= 4 is 35.1 Å². The van der Waals surface area contributed by atoms with Crippen molar-refractivity contribution in [3.8, 4) is 0 Å². The van der Waals surface area contributed by atoms with Crippen molar-refractivity contribution in [2.24, 2.45) is 21.9 Å². The minimum Gasteiger partial charge on any atom is -0.370 e. The van der Waals surface area contributed by atoms with Crippen LogP contribution in [-0.4, -0.2) is 11.9 Å². The molecule has 2 rings (SSSR count). The lowest BCUT2D eigenvalue weighted by atomic mass is 10.0. The Morgan fingerprint density at radius 2 is 1.89 bits per heavy atom. The first kappa shape index (κ1) is 13.2. The quantitative estimate of drug-likeness (QED) is 0.646. The summed E-state index contributed by atoms with van der Waals surface area (Å²) in [6, 6.07) is 5.28. The van der Waals surface area contributed by atoms with Gasteiger partial charge in [0.2, 0.25) is 0 Å². The Morgan fingerprint density at radius 1 is 1.33 bits per heavy atom. The molecule has 18 heavy (non-hydrogen) atoms. The number of benzene rings is 1. The van der Waals surface area contributed by atoms with E-state index >= 15 is 0 Å². The van der Waals surface area contributed by atoms with E-state index in [0.717, 1.165) is 5.56 Å². The number of nitrogens with zero attached hydrogens (tertiary/aromatic N) is 1. The largest absolute Gasteiger partial charge is 0.370 e. The molecule has 0 bridgehead atoms. The van der Waals surface area contributed by atoms with Gasteiger partial charge in [0.05, 0.1) is 5.41 Å². The molecule has 0 aliphatic heterocycles. The zero-order chi connectivity index (χ0) is 13.5. The lowest BCUT2D eigenvalue weighted by Gasteiger charge is -2.07. The van der Waals surface area contributed by atoms with Gasteiger partial charge >= 0.3 is 0 Å². The second-order valence-corrected chi connectivity index (χ2v) is 5.59. The zero-order valence-electron chi connectivity index (χ0n) is 9.78. The first-order valence-electron chi connectivity index (χ1n) is 5.43. The van der Waals surface area contributed by atoms with Crippen molar-refractivity contribution < 1.29 is 4.79 Å². The summed E-state index contributed by atoms with van der Waals surface area (Å²) < 4.78 is 0. The van der Waals surface area contributed by atoms with E-state index in [1.807, 2.05) is 19.1 Å². The molecule has 2 unspecified atom stereocenters. The summed E-state index contributed by atoms with van der Waals surface area (Å²) in [6.07, 6.45) is 0.694. The van der Waals surface area contributed by atoms with Gasteiger partial charge in [0, 0.05) is 10.0 Å². The first-order valence-corrected chi connectivity index (χ1v) is 6.18. The van der Waals surface area contributed by atoms with Gasteiger partial charge in [-0.15, -0.1) is 0 Å². The predicted octanol–water partition coefficient (Wildman–Crippen LogP) is 2.29. The fourth-order valence-corrected chi connectivity index (χ4v) is 2.65. The van der Waals surface area contributed by atoms with E-state index in [0.29, 0.717) is 16.5 Å². The van der Waals surface area contributed by atoms with E-state index in [4.69, 9.17) is 34.7 Å². The van der Waals surface area contributed by atoms with Crippen LogP contribution in [0.25, 0.3) is 0 Å². The lowest BCUT2D eigenvalue weighted by molar-refractivity contribution is -0.122. The highest BCUT2D eigenvalue weighted by Gasteiger charge is 2.56. The monoisotopic (exact) mass is 285 g/mol. The predicted molar refractivity (Wildman–Crippen MR) is 72.7 cm³/mol. The van der Waals surface area contributed by atoms with Crippen molar-refractivity contribution in [3.05, 3.63) is 33.8 Å². The van der Waals surface area contributed by atoms with Gasteiger partial charge in [0.15, 0.2) is 5.96 Å². The lowest BCUT2D eigenvalue weighted by Crippen LogP contribution is -2.26. The smallest absolute Gasteiger partial charge is 0.255 e. The maximum atomic E-state index is 11.9. The molecule has 2 atom stereocenters. The molecule has 1 fully saturated rings. The molecule has 1 aromatic carbocycles. The number of rotatable bonds is 2. The van der Waals surface area contributed by atoms with Crippen molar-refractivity contribution in [1.82, 2.24) is 0 Å². The summed E-state index contributed by atoms with van der Waals surface area (Å²) >= 11 is 11.9. The van der Waals surface area contributed by atoms with E-state index in [1.165, 1.54) is 0 Å². The van der Waals surface area contributed by atoms with Crippen LogP contribution in [0.1, 0.15) is 24.8 Å².